The summed E-state index contributed by atoms with van der Waals surface area (Å²) in [6.07, 6.45) is 11.1. The molecule has 2 atom stereocenters. The van der Waals surface area contributed by atoms with Crippen molar-refractivity contribution in [2.75, 3.05) is 26.2 Å². The zero-order valence-electron chi connectivity index (χ0n) is 23.4. The van der Waals surface area contributed by atoms with Crippen LogP contribution in [-0.4, -0.2) is 53.5 Å². The molecule has 0 bridgehead atoms. The Bertz CT molecular complexity index is 892. The number of rotatable bonds is 12. The van der Waals surface area contributed by atoms with Gasteiger partial charge in [-0.05, 0) is 37.4 Å². The smallest absolute Gasteiger partial charge is 0.319 e. The largest absolute Gasteiger partial charge is 0.859 e. The Hall–Kier alpha value is -1.28. The van der Waals surface area contributed by atoms with E-state index in [2.05, 4.69) is 49.0 Å². The van der Waals surface area contributed by atoms with Crippen molar-refractivity contribution in [3.05, 3.63) is 30.1 Å². The Labute approximate surface area is 249 Å². The van der Waals surface area contributed by atoms with Crippen LogP contribution in [-0.2, 0) is 0 Å². The molecule has 0 aromatic rings. The second kappa shape index (κ2) is 15.6. The molecule has 220 valence electrons. The molecule has 2 fully saturated rings. The van der Waals surface area contributed by atoms with Crippen LogP contribution in [0.2, 0.25) is 0 Å². The zero-order valence-corrected chi connectivity index (χ0v) is 26.6. The van der Waals surface area contributed by atoms with Gasteiger partial charge < -0.3 is 36.0 Å². The van der Waals surface area contributed by atoms with Crippen LogP contribution in [0.4, 0.5) is 9.59 Å². The maximum Gasteiger partial charge on any atom is 0.319 e. The van der Waals surface area contributed by atoms with E-state index >= 15 is 0 Å². The number of unbranched alkanes of at least 4 members (excludes halogenated alkanes) is 4. The van der Waals surface area contributed by atoms with Crippen molar-refractivity contribution in [3.63, 3.8) is 0 Å². The molecule has 2 saturated heterocycles. The molecular weight excluding hydrogens is 575 g/mol. The van der Waals surface area contributed by atoms with Gasteiger partial charge in [-0.1, -0.05) is 100 Å². The lowest BCUT2D eigenvalue weighted by Crippen LogP contribution is -2.50. The van der Waals surface area contributed by atoms with Gasteiger partial charge in [0.25, 0.3) is 0 Å². The summed E-state index contributed by atoms with van der Waals surface area (Å²) in [7, 11) is 0. The van der Waals surface area contributed by atoms with Gasteiger partial charge in [-0.2, -0.15) is 0 Å². The second-order valence-electron chi connectivity index (χ2n) is 10.0. The number of quaternary nitrogens is 1. The lowest BCUT2D eigenvalue weighted by atomic mass is 10.1. The monoisotopic (exact) mass is 616 g/mol. The number of amides is 4. The van der Waals surface area contributed by atoms with Gasteiger partial charge in [0.2, 0.25) is 0 Å². The minimum Gasteiger partial charge on any atom is -0.859 e. The molecule has 4 rings (SSSR count). The Morgan fingerprint density at radius 2 is 0.974 bits per heavy atom. The van der Waals surface area contributed by atoms with E-state index in [1.165, 1.54) is 129 Å². The summed E-state index contributed by atoms with van der Waals surface area (Å²) in [5, 5.41) is 32.5. The van der Waals surface area contributed by atoms with Crippen LogP contribution in [0.25, 0.3) is 0 Å². The van der Waals surface area contributed by atoms with Crippen molar-refractivity contribution >= 4 is 59.1 Å². The summed E-state index contributed by atoms with van der Waals surface area (Å²) in [6, 6.07) is -1.03. The molecule has 0 saturated carbocycles. The van der Waals surface area contributed by atoms with E-state index in [0.717, 1.165) is 8.47 Å². The summed E-state index contributed by atoms with van der Waals surface area (Å²) >= 11 is 5.29. The Kier molecular flexibility index (Phi) is 12.9. The van der Waals surface area contributed by atoms with Gasteiger partial charge in [0, 0.05) is 9.81 Å². The molecule has 0 aromatic carbocycles. The van der Waals surface area contributed by atoms with Crippen molar-refractivity contribution in [3.8, 4) is 0 Å². The van der Waals surface area contributed by atoms with Gasteiger partial charge in [-0.3, -0.25) is 0 Å². The fraction of sp³-hybridized carbons (Fsp3) is 0.692. The van der Waals surface area contributed by atoms with E-state index in [-0.39, 0.29) is 0 Å². The summed E-state index contributed by atoms with van der Waals surface area (Å²) in [4.78, 5) is 23.7. The highest BCUT2D eigenvalue weighted by Gasteiger charge is 2.39. The first kappa shape index (κ1) is 32.2. The highest BCUT2D eigenvalue weighted by molar-refractivity contribution is 8.33. The fourth-order valence-corrected chi connectivity index (χ4v) is 10.4. The molecular formula is C26H42N5O4S4-. The molecule has 4 amide bonds. The average Bonchev–Trinajstić information content (AvgIpc) is 3.53. The molecule has 0 aromatic heterocycles. The summed E-state index contributed by atoms with van der Waals surface area (Å²) < 4.78 is 3.11. The molecule has 0 aliphatic carbocycles. The lowest BCUT2D eigenvalue weighted by molar-refractivity contribution is -0.929. The minimum atomic E-state index is -0.514. The molecule has 13 heteroatoms. The van der Waals surface area contributed by atoms with E-state index in [0.29, 0.717) is 9.81 Å². The van der Waals surface area contributed by atoms with Crippen LogP contribution in [0.5, 0.6) is 0 Å². The van der Waals surface area contributed by atoms with Crippen molar-refractivity contribution < 1.29 is 24.3 Å². The van der Waals surface area contributed by atoms with Gasteiger partial charge in [0.15, 0.2) is 0 Å². The van der Waals surface area contributed by atoms with Crippen molar-refractivity contribution in [1.29, 1.82) is 0 Å². The molecule has 4 aliphatic rings. The number of urea groups is 2. The molecule has 39 heavy (non-hydrogen) atoms. The van der Waals surface area contributed by atoms with Gasteiger partial charge in [0.05, 0.1) is 34.7 Å². The Morgan fingerprint density at radius 1 is 0.641 bits per heavy atom. The van der Waals surface area contributed by atoms with Crippen LogP contribution < -0.4 is 31.5 Å². The van der Waals surface area contributed by atoms with E-state index < -0.39 is 34.6 Å². The lowest BCUT2D eigenvalue weighted by Gasteiger charge is -2.39. The van der Waals surface area contributed by atoms with E-state index in [1.807, 2.05) is 0 Å². The predicted octanol–water partition coefficient (Wildman–Crippen LogP) is 4.41. The maximum atomic E-state index is 11.8. The number of nitrogens with zero attached hydrogens (tertiary/aromatic N) is 1. The zero-order chi connectivity index (χ0) is 28.4. The fourth-order valence-electron chi connectivity index (χ4n) is 4.66. The highest BCUT2D eigenvalue weighted by Crippen LogP contribution is 2.60. The van der Waals surface area contributed by atoms with Crippen LogP contribution in [0.1, 0.15) is 79.1 Å². The van der Waals surface area contributed by atoms with Gasteiger partial charge in [-0.15, -0.1) is 0 Å². The third-order valence-electron chi connectivity index (χ3n) is 6.87. The molecule has 4 heterocycles. The SMILES string of the molecule is CCCC[N+](CCCC)(CCCC)CCCC.O=C1NC([O-])=C2S/C(=C3/SC4=C([O-])NC(=O)NC4S3)SC2N1. The first-order valence-corrected chi connectivity index (χ1v) is 17.4. The number of hydrogen-bond acceptors (Lipinski definition) is 8. The van der Waals surface area contributed by atoms with Crippen LogP contribution in [0.3, 0.4) is 0 Å². The molecule has 2 unspecified atom stereocenters. The topological polar surface area (TPSA) is 128 Å². The third kappa shape index (κ3) is 8.85. The van der Waals surface area contributed by atoms with E-state index in [1.54, 1.807) is 0 Å². The van der Waals surface area contributed by atoms with E-state index in [4.69, 9.17) is 0 Å². The third-order valence-corrected chi connectivity index (χ3v) is 12.8. The highest BCUT2D eigenvalue weighted by atomic mass is 32.2. The number of fused-ring (bicyclic) bond motifs is 2. The standard InChI is InChI=1S/C16H36N.C10H8N4O4S4/c1-5-9-13-17(14-10-6-2,15-11-7-3)16-12-8-4;15-3-1-5(13-9(17)11-3)21-7(19-1)8-20-2-4(16)12-10(18)14-6(2)22-8/h5-16H2,1-4H3;5-6,15-16H,(H2,11,13,17)(H2,12,14,18)/q+1;/p-2/b;8-7+. The van der Waals surface area contributed by atoms with Crippen molar-refractivity contribution in [2.24, 2.45) is 0 Å². The normalized spacial score (nSPS) is 24.3. The summed E-state index contributed by atoms with van der Waals surface area (Å²) in [6.45, 7) is 15.0. The first-order valence-electron chi connectivity index (χ1n) is 14.0. The number of thioether (sulfide) groups is 4. The summed E-state index contributed by atoms with van der Waals surface area (Å²) in [5.41, 5.74) is 0. The van der Waals surface area contributed by atoms with Crippen LogP contribution in [0.15, 0.2) is 30.1 Å². The van der Waals surface area contributed by atoms with E-state index in [9.17, 15) is 19.8 Å². The molecule has 4 aliphatic heterocycles. The quantitative estimate of drug-likeness (QED) is 0.238. The second-order valence-corrected chi connectivity index (χ2v) is 14.9. The van der Waals surface area contributed by atoms with Crippen molar-refractivity contribution in [1.82, 2.24) is 21.3 Å². The van der Waals surface area contributed by atoms with Gasteiger partial charge in [-0.25, -0.2) is 9.59 Å². The Balaban J connectivity index is 0.000000225. The number of carbonyl (C=O) groups excluding carboxylic acids is 2. The predicted molar refractivity (Wildman–Crippen MR) is 162 cm³/mol. The number of hydrogen-bond donors (Lipinski definition) is 4. The molecule has 0 spiro atoms. The molecule has 4 N–H and O–H groups in total. The minimum absolute atomic E-state index is 0.397. The average molecular weight is 617 g/mol. The first-order chi connectivity index (χ1) is 18.8. The summed E-state index contributed by atoms with van der Waals surface area (Å²) in [5.74, 6) is -0.795. The van der Waals surface area contributed by atoms with Gasteiger partial charge in [0.1, 0.15) is 10.7 Å². The number of nitrogens with one attached hydrogen (secondary N) is 4. The molecule has 9 nitrogen and oxygen atoms in total. The van der Waals surface area contributed by atoms with Crippen LogP contribution in [0, 0.1) is 0 Å². The Morgan fingerprint density at radius 3 is 1.28 bits per heavy atom. The number of carbonyl (C=O) groups is 2. The maximum absolute atomic E-state index is 11.8. The van der Waals surface area contributed by atoms with Crippen molar-refractivity contribution in [2.45, 2.75) is 89.8 Å². The molecule has 0 radical (unpaired) electrons. The van der Waals surface area contributed by atoms with Gasteiger partial charge >= 0.3 is 12.1 Å². The van der Waals surface area contributed by atoms with Crippen LogP contribution >= 0.6 is 47.0 Å².